The third-order valence-electron chi connectivity index (χ3n) is 5.16. The molecule has 0 unspecified atom stereocenters. The number of methoxy groups -OCH3 is 2. The summed E-state index contributed by atoms with van der Waals surface area (Å²) in [7, 11) is 3.05. The van der Waals surface area contributed by atoms with Crippen LogP contribution in [0.3, 0.4) is 0 Å². The van der Waals surface area contributed by atoms with Crippen molar-refractivity contribution >= 4 is 34.0 Å². The number of hydrogen-bond acceptors (Lipinski definition) is 7. The molecule has 0 aliphatic carbocycles. The number of rotatable bonds is 6. The molecule has 4 rings (SSSR count). The number of hydrogen-bond donors (Lipinski definition) is 1. The summed E-state index contributed by atoms with van der Waals surface area (Å²) < 4.78 is 10.4. The highest BCUT2D eigenvalue weighted by Crippen LogP contribution is 2.35. The van der Waals surface area contributed by atoms with Crippen LogP contribution in [0, 0.1) is 6.92 Å². The van der Waals surface area contributed by atoms with Gasteiger partial charge in [-0.25, -0.2) is 0 Å². The van der Waals surface area contributed by atoms with E-state index in [1.54, 1.807) is 23.1 Å². The molecule has 1 saturated heterocycles. The van der Waals surface area contributed by atoms with Gasteiger partial charge in [-0.05, 0) is 30.7 Å². The summed E-state index contributed by atoms with van der Waals surface area (Å²) in [6.45, 7) is 2.53. The molecule has 160 valence electrons. The van der Waals surface area contributed by atoms with Crippen LogP contribution in [0.1, 0.15) is 33.3 Å². The molecule has 1 N–H and O–H groups in total. The van der Waals surface area contributed by atoms with E-state index in [1.807, 2.05) is 31.2 Å². The summed E-state index contributed by atoms with van der Waals surface area (Å²) >= 11 is 1.28. The zero-order valence-corrected chi connectivity index (χ0v) is 18.2. The Morgan fingerprint density at radius 1 is 1.13 bits per heavy atom. The van der Waals surface area contributed by atoms with Crippen LogP contribution in [-0.2, 0) is 4.79 Å². The highest BCUT2D eigenvalue weighted by molar-refractivity contribution is 7.15. The van der Waals surface area contributed by atoms with Gasteiger partial charge in [0.25, 0.3) is 5.91 Å². The quantitative estimate of drug-likeness (QED) is 0.632. The fraction of sp³-hybridized carbons (Fsp3) is 0.273. The minimum Gasteiger partial charge on any atom is -0.497 e. The topological polar surface area (TPSA) is 93.6 Å². The summed E-state index contributed by atoms with van der Waals surface area (Å²) in [6, 6.07) is 12.7. The van der Waals surface area contributed by atoms with Crippen molar-refractivity contribution in [3.8, 4) is 11.5 Å². The Balaban J connectivity index is 1.47. The molecule has 0 spiro atoms. The number of nitrogens with one attached hydrogen (secondary N) is 1. The lowest BCUT2D eigenvalue weighted by molar-refractivity contribution is -0.117. The molecule has 1 fully saturated rings. The molecule has 31 heavy (non-hydrogen) atoms. The number of nitrogens with zero attached hydrogens (tertiary/aromatic N) is 3. The van der Waals surface area contributed by atoms with Gasteiger partial charge < -0.3 is 14.4 Å². The maximum absolute atomic E-state index is 12.7. The molecule has 1 aliphatic heterocycles. The Labute approximate surface area is 183 Å². The first-order valence-corrected chi connectivity index (χ1v) is 10.5. The van der Waals surface area contributed by atoms with Crippen molar-refractivity contribution in [2.75, 3.05) is 31.0 Å². The minimum absolute atomic E-state index is 0.0589. The van der Waals surface area contributed by atoms with Gasteiger partial charge in [-0.15, -0.1) is 10.2 Å². The summed E-state index contributed by atoms with van der Waals surface area (Å²) in [4.78, 5) is 27.0. The fourth-order valence-corrected chi connectivity index (χ4v) is 4.36. The van der Waals surface area contributed by atoms with Gasteiger partial charge in [0.2, 0.25) is 11.0 Å². The van der Waals surface area contributed by atoms with Crippen LogP contribution in [-0.4, -0.2) is 42.8 Å². The second kappa shape index (κ2) is 8.73. The smallest absolute Gasteiger partial charge is 0.257 e. The molecule has 0 radical (unpaired) electrons. The molecular weight excluding hydrogens is 416 g/mol. The SMILES string of the molecule is COc1cc(OC)cc(C(=O)Nc2nnc([C@H]3CC(=O)N(c4ccccc4C)C3)s2)c1. The normalized spacial score (nSPS) is 15.8. The number of aryl methyl sites for hydroxylation is 1. The van der Waals surface area contributed by atoms with Gasteiger partial charge in [0.1, 0.15) is 16.5 Å². The Kier molecular flexibility index (Phi) is 5.85. The van der Waals surface area contributed by atoms with Gasteiger partial charge in [-0.1, -0.05) is 29.5 Å². The fourth-order valence-electron chi connectivity index (χ4n) is 3.53. The third kappa shape index (κ3) is 4.36. The molecule has 1 atom stereocenters. The van der Waals surface area contributed by atoms with Crippen molar-refractivity contribution in [3.63, 3.8) is 0 Å². The summed E-state index contributed by atoms with van der Waals surface area (Å²) in [6.07, 6.45) is 0.365. The van der Waals surface area contributed by atoms with Crippen molar-refractivity contribution < 1.29 is 19.1 Å². The monoisotopic (exact) mass is 438 g/mol. The van der Waals surface area contributed by atoms with E-state index in [0.717, 1.165) is 16.3 Å². The van der Waals surface area contributed by atoms with E-state index in [-0.39, 0.29) is 17.7 Å². The van der Waals surface area contributed by atoms with Crippen LogP contribution in [0.4, 0.5) is 10.8 Å². The highest BCUT2D eigenvalue weighted by Gasteiger charge is 2.34. The van der Waals surface area contributed by atoms with Crippen LogP contribution in [0.25, 0.3) is 0 Å². The Morgan fingerprint density at radius 2 is 1.84 bits per heavy atom. The molecule has 9 heteroatoms. The zero-order chi connectivity index (χ0) is 22.0. The van der Waals surface area contributed by atoms with E-state index in [0.29, 0.717) is 35.2 Å². The number of amides is 2. The molecular formula is C22H22N4O4S. The number of carbonyl (C=O) groups is 2. The van der Waals surface area contributed by atoms with E-state index in [4.69, 9.17) is 9.47 Å². The average Bonchev–Trinajstić information content (AvgIpc) is 3.40. The van der Waals surface area contributed by atoms with Gasteiger partial charge in [0.15, 0.2) is 0 Å². The second-order valence-electron chi connectivity index (χ2n) is 7.19. The van der Waals surface area contributed by atoms with Crippen molar-refractivity contribution in [1.82, 2.24) is 10.2 Å². The number of aromatic nitrogens is 2. The predicted molar refractivity (Wildman–Crippen MR) is 118 cm³/mol. The van der Waals surface area contributed by atoms with Crippen LogP contribution < -0.4 is 19.7 Å². The first-order valence-electron chi connectivity index (χ1n) is 9.72. The van der Waals surface area contributed by atoms with Crippen LogP contribution in [0.15, 0.2) is 42.5 Å². The number of anilines is 2. The number of benzene rings is 2. The van der Waals surface area contributed by atoms with Gasteiger partial charge in [0, 0.05) is 36.2 Å². The van der Waals surface area contributed by atoms with E-state index >= 15 is 0 Å². The number of para-hydroxylation sites is 1. The Bertz CT molecular complexity index is 1110. The van der Waals surface area contributed by atoms with E-state index in [9.17, 15) is 9.59 Å². The van der Waals surface area contributed by atoms with Gasteiger partial charge in [0.05, 0.1) is 14.2 Å². The molecule has 0 bridgehead atoms. The van der Waals surface area contributed by atoms with Crippen molar-refractivity contribution in [2.45, 2.75) is 19.3 Å². The molecule has 3 aromatic rings. The molecule has 1 aliphatic rings. The van der Waals surface area contributed by atoms with Crippen molar-refractivity contribution in [3.05, 3.63) is 58.6 Å². The van der Waals surface area contributed by atoms with Crippen molar-refractivity contribution in [2.24, 2.45) is 0 Å². The lowest BCUT2D eigenvalue weighted by atomic mass is 10.1. The first-order chi connectivity index (χ1) is 15.0. The molecule has 2 heterocycles. The standard InChI is InChI=1S/C22H22N4O4S/c1-13-6-4-5-7-18(13)26-12-15(10-19(26)27)21-24-25-22(31-21)23-20(28)14-8-16(29-2)11-17(9-14)30-3/h4-9,11,15H,10,12H2,1-3H3,(H,23,25,28)/t15-/m0/s1. The lowest BCUT2D eigenvalue weighted by Gasteiger charge is -2.18. The maximum Gasteiger partial charge on any atom is 0.257 e. The molecule has 2 amide bonds. The first kappa shape index (κ1) is 20.8. The largest absolute Gasteiger partial charge is 0.497 e. The Hall–Kier alpha value is -3.46. The van der Waals surface area contributed by atoms with Crippen molar-refractivity contribution in [1.29, 1.82) is 0 Å². The van der Waals surface area contributed by atoms with Crippen LogP contribution in [0.5, 0.6) is 11.5 Å². The van der Waals surface area contributed by atoms with Crippen LogP contribution >= 0.6 is 11.3 Å². The van der Waals surface area contributed by atoms with Crippen LogP contribution in [0.2, 0.25) is 0 Å². The van der Waals surface area contributed by atoms with E-state index < -0.39 is 0 Å². The Morgan fingerprint density at radius 3 is 2.52 bits per heavy atom. The van der Waals surface area contributed by atoms with E-state index in [1.165, 1.54) is 25.6 Å². The van der Waals surface area contributed by atoms with Gasteiger partial charge in [-0.2, -0.15) is 0 Å². The zero-order valence-electron chi connectivity index (χ0n) is 17.4. The summed E-state index contributed by atoms with van der Waals surface area (Å²) in [5, 5.41) is 12.2. The molecule has 8 nitrogen and oxygen atoms in total. The summed E-state index contributed by atoms with van der Waals surface area (Å²) in [5.41, 5.74) is 2.35. The molecule has 2 aromatic carbocycles. The van der Waals surface area contributed by atoms with Gasteiger partial charge >= 0.3 is 0 Å². The summed E-state index contributed by atoms with van der Waals surface area (Å²) in [5.74, 6) is 0.686. The van der Waals surface area contributed by atoms with E-state index in [2.05, 4.69) is 15.5 Å². The molecule has 1 aromatic heterocycles. The molecule has 0 saturated carbocycles. The maximum atomic E-state index is 12.7. The second-order valence-corrected chi connectivity index (χ2v) is 8.20. The third-order valence-corrected chi connectivity index (χ3v) is 6.16. The number of carbonyl (C=O) groups excluding carboxylic acids is 2. The number of ether oxygens (including phenoxy) is 2. The predicted octanol–water partition coefficient (Wildman–Crippen LogP) is 3.64. The lowest BCUT2D eigenvalue weighted by Crippen LogP contribution is -2.25. The minimum atomic E-state index is -0.344. The van der Waals surface area contributed by atoms with Gasteiger partial charge in [-0.3, -0.25) is 14.9 Å². The average molecular weight is 439 g/mol. The highest BCUT2D eigenvalue weighted by atomic mass is 32.1.